The summed E-state index contributed by atoms with van der Waals surface area (Å²) in [4.78, 5) is 22.2. The summed E-state index contributed by atoms with van der Waals surface area (Å²) in [6, 6.07) is 0. The van der Waals surface area contributed by atoms with Gasteiger partial charge in [0, 0.05) is 13.1 Å². The van der Waals surface area contributed by atoms with Crippen LogP contribution in [0, 0.1) is 0 Å². The van der Waals surface area contributed by atoms with Gasteiger partial charge >= 0.3 is 6.09 Å². The lowest BCUT2D eigenvalue weighted by atomic mass is 10.2. The van der Waals surface area contributed by atoms with Gasteiger partial charge in [-0.2, -0.15) is 0 Å². The molecule has 0 aromatic rings. The quantitative estimate of drug-likeness (QED) is 0.575. The van der Waals surface area contributed by atoms with Crippen molar-refractivity contribution in [2.45, 2.75) is 26.4 Å². The molecule has 6 heteroatoms. The number of rotatable bonds is 5. The fourth-order valence-corrected chi connectivity index (χ4v) is 0.904. The highest BCUT2D eigenvalue weighted by Crippen LogP contribution is 2.05. The van der Waals surface area contributed by atoms with Gasteiger partial charge in [-0.3, -0.25) is 4.79 Å². The average molecular weight is 231 g/mol. The first-order chi connectivity index (χ1) is 7.35. The van der Waals surface area contributed by atoms with Gasteiger partial charge in [0.2, 0.25) is 5.91 Å². The number of hydrogen-bond acceptors (Lipinski definition) is 4. The van der Waals surface area contributed by atoms with Crippen molar-refractivity contribution in [1.29, 1.82) is 0 Å². The highest BCUT2D eigenvalue weighted by Gasteiger charge is 2.15. The Hall–Kier alpha value is -1.30. The molecule has 0 saturated carbocycles. The van der Waals surface area contributed by atoms with Gasteiger partial charge in [0.15, 0.2) is 0 Å². The lowest BCUT2D eigenvalue weighted by Crippen LogP contribution is -2.39. The highest BCUT2D eigenvalue weighted by molar-refractivity contribution is 5.78. The van der Waals surface area contributed by atoms with E-state index in [1.54, 1.807) is 27.8 Å². The largest absolute Gasteiger partial charge is 0.444 e. The van der Waals surface area contributed by atoms with Crippen LogP contribution in [-0.2, 0) is 9.53 Å². The summed E-state index contributed by atoms with van der Waals surface area (Å²) in [5, 5.41) is 7.89. The molecule has 0 aromatic heterocycles. The van der Waals surface area contributed by atoms with Crippen LogP contribution in [0.4, 0.5) is 4.79 Å². The van der Waals surface area contributed by atoms with Crippen molar-refractivity contribution in [1.82, 2.24) is 16.0 Å². The number of carbonyl (C=O) groups is 2. The van der Waals surface area contributed by atoms with Gasteiger partial charge in [-0.05, 0) is 27.8 Å². The Balaban J connectivity index is 3.52. The molecule has 0 atom stereocenters. The third kappa shape index (κ3) is 9.26. The SMILES string of the molecule is CNCC(=O)NCCNC(=O)OC(C)(C)C. The predicted molar refractivity (Wildman–Crippen MR) is 61.2 cm³/mol. The summed E-state index contributed by atoms with van der Waals surface area (Å²) in [5.41, 5.74) is -0.501. The lowest BCUT2D eigenvalue weighted by Gasteiger charge is -2.19. The fraction of sp³-hybridized carbons (Fsp3) is 0.800. The maximum Gasteiger partial charge on any atom is 0.407 e. The number of hydrogen-bond donors (Lipinski definition) is 3. The Kier molecular flexibility index (Phi) is 6.48. The molecule has 0 heterocycles. The van der Waals surface area contributed by atoms with Crippen LogP contribution in [0.15, 0.2) is 0 Å². The summed E-state index contributed by atoms with van der Waals surface area (Å²) in [5.74, 6) is -0.103. The van der Waals surface area contributed by atoms with Gasteiger partial charge in [-0.25, -0.2) is 4.79 Å². The van der Waals surface area contributed by atoms with E-state index in [9.17, 15) is 9.59 Å². The second kappa shape index (κ2) is 7.05. The predicted octanol–water partition coefficient (Wildman–Crippen LogP) is -0.153. The Morgan fingerprint density at radius 1 is 1.12 bits per heavy atom. The van der Waals surface area contributed by atoms with Crippen LogP contribution in [0.5, 0.6) is 0 Å². The van der Waals surface area contributed by atoms with E-state index in [4.69, 9.17) is 4.74 Å². The first-order valence-electron chi connectivity index (χ1n) is 5.23. The zero-order valence-electron chi connectivity index (χ0n) is 10.3. The summed E-state index contributed by atoms with van der Waals surface area (Å²) in [7, 11) is 1.69. The zero-order valence-corrected chi connectivity index (χ0v) is 10.3. The van der Waals surface area contributed by atoms with Crippen molar-refractivity contribution in [2.75, 3.05) is 26.7 Å². The molecule has 2 amide bonds. The molecule has 0 rings (SSSR count). The standard InChI is InChI=1S/C10H21N3O3/c1-10(2,3)16-9(15)13-6-5-12-8(14)7-11-4/h11H,5-7H2,1-4H3,(H,12,14)(H,13,15). The Morgan fingerprint density at radius 2 is 1.69 bits per heavy atom. The van der Waals surface area contributed by atoms with Gasteiger partial charge in [0.05, 0.1) is 6.54 Å². The van der Waals surface area contributed by atoms with Crippen molar-refractivity contribution in [3.63, 3.8) is 0 Å². The molecule has 0 unspecified atom stereocenters. The van der Waals surface area contributed by atoms with E-state index in [0.717, 1.165) is 0 Å². The number of amides is 2. The zero-order chi connectivity index (χ0) is 12.6. The number of alkyl carbamates (subject to hydrolysis) is 1. The molecule has 0 spiro atoms. The fourth-order valence-electron chi connectivity index (χ4n) is 0.904. The minimum Gasteiger partial charge on any atom is -0.444 e. The normalized spacial score (nSPS) is 10.8. The number of likely N-dealkylation sites (N-methyl/N-ethyl adjacent to an activating group) is 1. The van der Waals surface area contributed by atoms with Crippen LogP contribution in [0.25, 0.3) is 0 Å². The molecule has 0 aliphatic heterocycles. The minimum atomic E-state index is -0.501. The van der Waals surface area contributed by atoms with Crippen LogP contribution in [0.3, 0.4) is 0 Å². The van der Waals surface area contributed by atoms with E-state index in [0.29, 0.717) is 13.1 Å². The molecule has 0 radical (unpaired) electrons. The summed E-state index contributed by atoms with van der Waals surface area (Å²) in [6.45, 7) is 6.39. The van der Waals surface area contributed by atoms with Crippen molar-refractivity contribution >= 4 is 12.0 Å². The van der Waals surface area contributed by atoms with E-state index in [2.05, 4.69) is 16.0 Å². The molecule has 0 fully saturated rings. The van der Waals surface area contributed by atoms with Crippen LogP contribution in [0.1, 0.15) is 20.8 Å². The van der Waals surface area contributed by atoms with Crippen LogP contribution < -0.4 is 16.0 Å². The average Bonchev–Trinajstić information content (AvgIpc) is 2.10. The molecule has 0 aliphatic rings. The third-order valence-corrected chi connectivity index (χ3v) is 1.45. The van der Waals surface area contributed by atoms with Crippen molar-refractivity contribution in [3.8, 4) is 0 Å². The Morgan fingerprint density at radius 3 is 2.19 bits per heavy atom. The third-order valence-electron chi connectivity index (χ3n) is 1.45. The molecule has 6 nitrogen and oxygen atoms in total. The Labute approximate surface area is 96.1 Å². The van der Waals surface area contributed by atoms with Crippen molar-refractivity contribution in [2.24, 2.45) is 0 Å². The van der Waals surface area contributed by atoms with Crippen LogP contribution in [0.2, 0.25) is 0 Å². The lowest BCUT2D eigenvalue weighted by molar-refractivity contribution is -0.120. The van der Waals surface area contributed by atoms with E-state index in [-0.39, 0.29) is 12.5 Å². The van der Waals surface area contributed by atoms with Crippen LogP contribution in [-0.4, -0.2) is 44.3 Å². The van der Waals surface area contributed by atoms with Gasteiger partial charge in [-0.1, -0.05) is 0 Å². The van der Waals surface area contributed by atoms with E-state index < -0.39 is 11.7 Å². The first kappa shape index (κ1) is 14.7. The van der Waals surface area contributed by atoms with Gasteiger partial charge in [0.25, 0.3) is 0 Å². The molecule has 3 N–H and O–H groups in total. The molecule has 0 saturated heterocycles. The molecule has 0 aromatic carbocycles. The van der Waals surface area contributed by atoms with E-state index in [1.165, 1.54) is 0 Å². The van der Waals surface area contributed by atoms with Gasteiger partial charge < -0.3 is 20.7 Å². The molecule has 0 aliphatic carbocycles. The second-order valence-electron chi connectivity index (χ2n) is 4.31. The van der Waals surface area contributed by atoms with Gasteiger partial charge in [-0.15, -0.1) is 0 Å². The van der Waals surface area contributed by atoms with E-state index in [1.807, 2.05) is 0 Å². The summed E-state index contributed by atoms with van der Waals surface area (Å²) < 4.78 is 5.02. The Bertz CT molecular complexity index is 236. The first-order valence-corrected chi connectivity index (χ1v) is 5.23. The maximum atomic E-state index is 11.2. The molecule has 0 bridgehead atoms. The summed E-state index contributed by atoms with van der Waals surface area (Å²) >= 11 is 0. The van der Waals surface area contributed by atoms with Crippen molar-refractivity contribution < 1.29 is 14.3 Å². The van der Waals surface area contributed by atoms with E-state index >= 15 is 0 Å². The highest BCUT2D eigenvalue weighted by atomic mass is 16.6. The number of ether oxygens (including phenoxy) is 1. The van der Waals surface area contributed by atoms with Crippen LogP contribution >= 0.6 is 0 Å². The maximum absolute atomic E-state index is 11.2. The topological polar surface area (TPSA) is 79.5 Å². The molecule has 16 heavy (non-hydrogen) atoms. The minimum absolute atomic E-state index is 0.103. The number of nitrogens with one attached hydrogen (secondary N) is 3. The molecule has 94 valence electrons. The number of carbonyl (C=O) groups excluding carboxylic acids is 2. The van der Waals surface area contributed by atoms with Gasteiger partial charge in [0.1, 0.15) is 5.60 Å². The molecular formula is C10H21N3O3. The monoisotopic (exact) mass is 231 g/mol. The molecular weight excluding hydrogens is 210 g/mol. The summed E-state index contributed by atoms with van der Waals surface area (Å²) in [6.07, 6.45) is -0.477. The smallest absolute Gasteiger partial charge is 0.407 e. The second-order valence-corrected chi connectivity index (χ2v) is 4.31. The van der Waals surface area contributed by atoms with Crippen molar-refractivity contribution in [3.05, 3.63) is 0 Å².